The van der Waals surface area contributed by atoms with Crippen molar-refractivity contribution in [3.8, 4) is 0 Å². The number of hydrogen-bond acceptors (Lipinski definition) is 1. The van der Waals surface area contributed by atoms with Gasteiger partial charge in [0.1, 0.15) is 0 Å². The topological polar surface area (TPSA) is 9.23 Å². The Kier molecular flexibility index (Phi) is 30.9. The molecule has 0 aromatic rings. The van der Waals surface area contributed by atoms with Crippen molar-refractivity contribution in [3.63, 3.8) is 0 Å². The predicted molar refractivity (Wildman–Crippen MR) is 147 cm³/mol. The minimum Gasteiger partial charge on any atom is -0.382 e. The first kappa shape index (κ1) is 32.0. The second kappa shape index (κ2) is 31.0. The quantitative estimate of drug-likeness (QED) is 0.102. The van der Waals surface area contributed by atoms with E-state index in [1.165, 1.54) is 173 Å². The smallest absolute Gasteiger partial charge is 0.0465 e. The van der Waals surface area contributed by atoms with Gasteiger partial charge >= 0.3 is 0 Å². The first-order valence-electron chi connectivity index (χ1n) is 15.5. The second-order valence-corrected chi connectivity index (χ2v) is 10.4. The van der Waals surface area contributed by atoms with Crippen LogP contribution in [0.4, 0.5) is 0 Å². The fourth-order valence-electron chi connectivity index (χ4n) is 4.84. The minimum atomic E-state index is 0.874. The van der Waals surface area contributed by atoms with Crippen molar-refractivity contribution in [2.45, 2.75) is 187 Å². The van der Waals surface area contributed by atoms with E-state index in [0.717, 1.165) is 13.2 Å². The fraction of sp³-hybridized carbons (Fsp3) is 1.00. The Bertz CT molecular complexity index is 271. The Hall–Kier alpha value is -0.0400. The lowest BCUT2D eigenvalue weighted by molar-refractivity contribution is 0.143. The molecule has 0 saturated carbocycles. The van der Waals surface area contributed by atoms with E-state index in [-0.39, 0.29) is 0 Å². The Balaban J connectivity index is 2.98. The number of ether oxygens (including phenoxy) is 1. The zero-order valence-corrected chi connectivity index (χ0v) is 22.9. The van der Waals surface area contributed by atoms with Crippen LogP contribution in [0.15, 0.2) is 0 Å². The van der Waals surface area contributed by atoms with Crippen LogP contribution in [0, 0.1) is 0 Å². The van der Waals surface area contributed by atoms with Crippen molar-refractivity contribution >= 4 is 0 Å². The first-order chi connectivity index (χ1) is 15.9. The summed E-state index contributed by atoms with van der Waals surface area (Å²) in [5, 5.41) is 0. The molecule has 1 nitrogen and oxygen atoms in total. The molecule has 0 aromatic carbocycles. The summed E-state index contributed by atoms with van der Waals surface area (Å²) in [5.74, 6) is 0. The van der Waals surface area contributed by atoms with E-state index in [1.54, 1.807) is 0 Å². The van der Waals surface area contributed by atoms with Gasteiger partial charge in [-0.15, -0.1) is 0 Å². The highest BCUT2D eigenvalue weighted by Gasteiger charge is 1.96. The molecule has 0 spiro atoms. The lowest BCUT2D eigenvalue weighted by atomic mass is 10.0. The van der Waals surface area contributed by atoms with E-state index in [2.05, 4.69) is 13.8 Å². The maximum absolute atomic E-state index is 5.39. The number of rotatable bonds is 29. The van der Waals surface area contributed by atoms with Crippen molar-refractivity contribution in [3.05, 3.63) is 0 Å². The summed E-state index contributed by atoms with van der Waals surface area (Å²) in [6.07, 6.45) is 39.4. The van der Waals surface area contributed by atoms with Gasteiger partial charge in [0.25, 0.3) is 0 Å². The lowest BCUT2D eigenvalue weighted by Crippen LogP contribution is -1.92. The molecule has 0 radical (unpaired) electrons. The Morgan fingerprint density at radius 1 is 0.281 bits per heavy atom. The van der Waals surface area contributed by atoms with E-state index >= 15 is 0 Å². The van der Waals surface area contributed by atoms with Gasteiger partial charge in [-0.25, -0.2) is 0 Å². The normalized spacial score (nSPS) is 11.4. The van der Waals surface area contributed by atoms with Crippen LogP contribution in [0.1, 0.15) is 187 Å². The average Bonchev–Trinajstić information content (AvgIpc) is 2.81. The standard InChI is InChI=1S/C31H64O/c1-3-5-6-7-8-9-10-11-12-13-14-15-16-17-18-19-20-21-22-23-24-25-26-27-28-29-30-31-32-4-2/h3-31H2,1-2H3. The van der Waals surface area contributed by atoms with E-state index in [0.29, 0.717) is 0 Å². The van der Waals surface area contributed by atoms with Gasteiger partial charge in [0.2, 0.25) is 0 Å². The summed E-state index contributed by atoms with van der Waals surface area (Å²) in [5.41, 5.74) is 0. The highest BCUT2D eigenvalue weighted by Crippen LogP contribution is 2.16. The fourth-order valence-corrected chi connectivity index (χ4v) is 4.84. The van der Waals surface area contributed by atoms with Crippen LogP contribution >= 0.6 is 0 Å². The lowest BCUT2D eigenvalue weighted by Gasteiger charge is -2.04. The molecule has 1 heteroatoms. The predicted octanol–water partition coefficient (Wildman–Crippen LogP) is 11.6. The third-order valence-corrected chi connectivity index (χ3v) is 7.10. The zero-order valence-electron chi connectivity index (χ0n) is 22.9. The maximum atomic E-state index is 5.39. The number of unbranched alkanes of at least 4 members (excludes halogenated alkanes) is 26. The van der Waals surface area contributed by atoms with Crippen LogP contribution < -0.4 is 0 Å². The molecule has 0 fully saturated rings. The Labute approximate surface area is 205 Å². The first-order valence-corrected chi connectivity index (χ1v) is 15.5. The highest BCUT2D eigenvalue weighted by atomic mass is 16.5. The molecule has 0 aromatic heterocycles. The van der Waals surface area contributed by atoms with Crippen molar-refractivity contribution in [1.29, 1.82) is 0 Å². The molecular weight excluding hydrogens is 388 g/mol. The Morgan fingerprint density at radius 2 is 0.500 bits per heavy atom. The van der Waals surface area contributed by atoms with Crippen molar-refractivity contribution in [2.24, 2.45) is 0 Å². The van der Waals surface area contributed by atoms with E-state index < -0.39 is 0 Å². The molecule has 0 atom stereocenters. The van der Waals surface area contributed by atoms with Crippen molar-refractivity contribution in [2.75, 3.05) is 13.2 Å². The third-order valence-electron chi connectivity index (χ3n) is 7.10. The van der Waals surface area contributed by atoms with Crippen molar-refractivity contribution in [1.82, 2.24) is 0 Å². The van der Waals surface area contributed by atoms with Crippen LogP contribution in [-0.2, 0) is 4.74 Å². The molecule has 0 N–H and O–H groups in total. The molecule has 0 saturated heterocycles. The van der Waals surface area contributed by atoms with Crippen LogP contribution in [0.2, 0.25) is 0 Å². The van der Waals surface area contributed by atoms with Gasteiger partial charge in [-0.3, -0.25) is 0 Å². The van der Waals surface area contributed by atoms with Crippen LogP contribution in [0.5, 0.6) is 0 Å². The molecule has 0 bridgehead atoms. The highest BCUT2D eigenvalue weighted by molar-refractivity contribution is 4.52. The van der Waals surface area contributed by atoms with Gasteiger partial charge in [-0.1, -0.05) is 174 Å². The van der Waals surface area contributed by atoms with Crippen LogP contribution in [0.25, 0.3) is 0 Å². The molecule has 0 aliphatic rings. The molecule has 194 valence electrons. The molecule has 0 amide bonds. The third kappa shape index (κ3) is 30.0. The van der Waals surface area contributed by atoms with E-state index in [9.17, 15) is 0 Å². The minimum absolute atomic E-state index is 0.874. The zero-order chi connectivity index (χ0) is 23.2. The number of hydrogen-bond donors (Lipinski definition) is 0. The molecular formula is C31H64O. The largest absolute Gasteiger partial charge is 0.382 e. The summed E-state index contributed by atoms with van der Waals surface area (Å²) < 4.78 is 5.39. The van der Waals surface area contributed by atoms with Crippen molar-refractivity contribution < 1.29 is 4.74 Å². The maximum Gasteiger partial charge on any atom is 0.0465 e. The monoisotopic (exact) mass is 452 g/mol. The Morgan fingerprint density at radius 3 is 0.719 bits per heavy atom. The molecule has 0 heterocycles. The van der Waals surface area contributed by atoms with Gasteiger partial charge in [0.05, 0.1) is 0 Å². The molecule has 32 heavy (non-hydrogen) atoms. The van der Waals surface area contributed by atoms with Gasteiger partial charge in [0.15, 0.2) is 0 Å². The SMILES string of the molecule is CCCCCCCCCCCCCCCCCCCCCCCCCCCCCOCC. The molecule has 0 aliphatic carbocycles. The summed E-state index contributed by atoms with van der Waals surface area (Å²) >= 11 is 0. The molecule has 0 rings (SSSR count). The summed E-state index contributed by atoms with van der Waals surface area (Å²) in [6, 6.07) is 0. The second-order valence-electron chi connectivity index (χ2n) is 10.4. The van der Waals surface area contributed by atoms with Crippen LogP contribution in [0.3, 0.4) is 0 Å². The van der Waals surface area contributed by atoms with Gasteiger partial charge in [-0.05, 0) is 13.3 Å². The van der Waals surface area contributed by atoms with E-state index in [4.69, 9.17) is 4.74 Å². The van der Waals surface area contributed by atoms with Crippen LogP contribution in [-0.4, -0.2) is 13.2 Å². The van der Waals surface area contributed by atoms with Gasteiger partial charge in [-0.2, -0.15) is 0 Å². The van der Waals surface area contributed by atoms with E-state index in [1.807, 2.05) is 0 Å². The van der Waals surface area contributed by atoms with Gasteiger partial charge in [0, 0.05) is 13.2 Å². The average molecular weight is 453 g/mol. The summed E-state index contributed by atoms with van der Waals surface area (Å²) in [4.78, 5) is 0. The molecule has 0 unspecified atom stereocenters. The summed E-state index contributed by atoms with van der Waals surface area (Å²) in [7, 11) is 0. The van der Waals surface area contributed by atoms with Gasteiger partial charge < -0.3 is 4.74 Å². The molecule has 0 aliphatic heterocycles. The summed E-state index contributed by atoms with van der Waals surface area (Å²) in [6.45, 7) is 6.23.